The van der Waals surface area contributed by atoms with Crippen LogP contribution < -0.4 is 19.5 Å². The second-order valence-corrected chi connectivity index (χ2v) is 11.2. The summed E-state index contributed by atoms with van der Waals surface area (Å²) >= 11 is 0. The number of carbonyl (C=O) groups is 3. The van der Waals surface area contributed by atoms with E-state index in [0.29, 0.717) is 36.5 Å². The summed E-state index contributed by atoms with van der Waals surface area (Å²) in [6, 6.07) is 7.20. The second-order valence-electron chi connectivity index (χ2n) is 9.31. The largest absolute Gasteiger partial charge is 0.454 e. The number of amides is 2. The molecule has 2 amide bonds. The average Bonchev–Trinajstić information content (AvgIpc) is 3.60. The van der Waals surface area contributed by atoms with Gasteiger partial charge in [0.15, 0.2) is 17.3 Å². The van der Waals surface area contributed by atoms with E-state index in [1.54, 1.807) is 30.3 Å². The van der Waals surface area contributed by atoms with Crippen molar-refractivity contribution in [2.24, 2.45) is 0 Å². The van der Waals surface area contributed by atoms with Crippen molar-refractivity contribution < 1.29 is 37.0 Å². The summed E-state index contributed by atoms with van der Waals surface area (Å²) in [5.74, 6) is 0.0854. The van der Waals surface area contributed by atoms with Crippen molar-refractivity contribution in [2.75, 3.05) is 19.9 Å². The Morgan fingerprint density at radius 2 is 2.03 bits per heavy atom. The van der Waals surface area contributed by atoms with E-state index in [1.165, 1.54) is 21.5 Å². The van der Waals surface area contributed by atoms with E-state index in [2.05, 4.69) is 10.3 Å². The van der Waals surface area contributed by atoms with Crippen LogP contribution in [0.2, 0.25) is 0 Å². The van der Waals surface area contributed by atoms with Gasteiger partial charge >= 0.3 is 6.09 Å². The Hall–Kier alpha value is -3.71. The van der Waals surface area contributed by atoms with Gasteiger partial charge in [-0.25, -0.2) is 13.2 Å². The molecule has 2 fully saturated rings. The average molecular weight is 545 g/mol. The zero-order valence-electron chi connectivity index (χ0n) is 20.7. The number of benzene rings is 1. The molecule has 5 rings (SSSR count). The number of fused-ring (bicyclic) bond motifs is 2. The summed E-state index contributed by atoms with van der Waals surface area (Å²) in [5, 5.41) is 2.60. The molecule has 0 spiro atoms. The number of ether oxygens (including phenoxy) is 3. The number of Topliss-reactive ketones (excluding diaryl/α,β-unsaturated/α-hetero) is 1. The Balaban J connectivity index is 1.26. The first-order valence-corrected chi connectivity index (χ1v) is 14.0. The monoisotopic (exact) mass is 544 g/mol. The summed E-state index contributed by atoms with van der Waals surface area (Å²) in [6.07, 6.45) is 1.91. The van der Waals surface area contributed by atoms with Crippen LogP contribution in [0.1, 0.15) is 31.9 Å². The van der Waals surface area contributed by atoms with E-state index in [-0.39, 0.29) is 37.2 Å². The van der Waals surface area contributed by atoms with Crippen molar-refractivity contribution >= 4 is 27.8 Å². The van der Waals surface area contributed by atoms with Gasteiger partial charge in [-0.05, 0) is 37.1 Å². The topological polar surface area (TPSA) is 144 Å². The van der Waals surface area contributed by atoms with Crippen molar-refractivity contribution in [1.29, 1.82) is 0 Å². The first-order valence-electron chi connectivity index (χ1n) is 12.4. The van der Waals surface area contributed by atoms with Gasteiger partial charge in [-0.2, -0.15) is 4.31 Å². The maximum atomic E-state index is 13.5. The lowest BCUT2D eigenvalue weighted by molar-refractivity contribution is -0.138. The first kappa shape index (κ1) is 25.9. The molecule has 3 aliphatic rings. The van der Waals surface area contributed by atoms with Gasteiger partial charge < -0.3 is 24.4 Å². The number of sulfonamides is 1. The molecule has 13 heteroatoms. The number of carbonyl (C=O) groups excluding carboxylic acids is 3. The Morgan fingerprint density at radius 1 is 1.21 bits per heavy atom. The highest BCUT2D eigenvalue weighted by Gasteiger charge is 2.54. The van der Waals surface area contributed by atoms with E-state index in [1.807, 2.05) is 6.92 Å². The normalized spacial score (nSPS) is 21.3. The van der Waals surface area contributed by atoms with Crippen LogP contribution in [0, 0.1) is 0 Å². The van der Waals surface area contributed by atoms with Crippen LogP contribution >= 0.6 is 0 Å². The molecule has 2 aromatic rings. The van der Waals surface area contributed by atoms with Gasteiger partial charge in [-0.3, -0.25) is 14.6 Å². The molecule has 0 saturated carbocycles. The zero-order valence-corrected chi connectivity index (χ0v) is 21.6. The van der Waals surface area contributed by atoms with E-state index < -0.39 is 40.1 Å². The number of hydrogen-bond donors (Lipinski definition) is 1. The molecule has 2 saturated heterocycles. The predicted octanol–water partition coefficient (Wildman–Crippen LogP) is 1.45. The molecule has 0 radical (unpaired) electrons. The zero-order chi connectivity index (χ0) is 26.9. The number of nitrogens with one attached hydrogen (secondary N) is 1. The summed E-state index contributed by atoms with van der Waals surface area (Å²) < 4.78 is 43.3. The maximum absolute atomic E-state index is 13.5. The lowest BCUT2D eigenvalue weighted by Gasteiger charge is -2.28. The fraction of sp³-hybridized carbons (Fsp3) is 0.440. The molecule has 0 aliphatic carbocycles. The number of rotatable bonds is 8. The van der Waals surface area contributed by atoms with Crippen molar-refractivity contribution in [3.05, 3.63) is 48.3 Å². The molecule has 1 aromatic carbocycles. The number of ketones is 1. The molecule has 202 valence electrons. The van der Waals surface area contributed by atoms with Crippen LogP contribution in [0.3, 0.4) is 0 Å². The Labute approximate surface area is 219 Å². The van der Waals surface area contributed by atoms with Gasteiger partial charge in [0.25, 0.3) is 0 Å². The number of aromatic nitrogens is 1. The molecule has 1 N–H and O–H groups in total. The van der Waals surface area contributed by atoms with E-state index in [4.69, 9.17) is 14.2 Å². The van der Waals surface area contributed by atoms with Crippen LogP contribution in [0.15, 0.2) is 42.6 Å². The molecule has 4 heterocycles. The van der Waals surface area contributed by atoms with E-state index in [9.17, 15) is 22.8 Å². The fourth-order valence-electron chi connectivity index (χ4n) is 5.10. The van der Waals surface area contributed by atoms with Crippen LogP contribution in [0.5, 0.6) is 17.2 Å². The van der Waals surface area contributed by atoms with Crippen molar-refractivity contribution in [3.8, 4) is 17.2 Å². The van der Waals surface area contributed by atoms with Gasteiger partial charge in [-0.15, -0.1) is 0 Å². The minimum atomic E-state index is -3.83. The van der Waals surface area contributed by atoms with Crippen molar-refractivity contribution in [1.82, 2.24) is 19.5 Å². The lowest BCUT2D eigenvalue weighted by Crippen LogP contribution is -2.53. The standard InChI is InChI=1S/C25H28N4O8S/c1-2-5-18(27-25(32)37-17-7-8-21-22(12-17)36-15-35-21)24(31)28-11-9-19-23(28)20(30)13-29(19)38(33,34)14-16-6-3-4-10-26-16/h3-4,6-8,10,12,18-19,23H,2,5,9,11,13-15H2,1H3,(H,27,32). The first-order chi connectivity index (χ1) is 18.3. The number of likely N-dealkylation sites (tertiary alicyclic amines) is 1. The van der Waals surface area contributed by atoms with Gasteiger partial charge in [0.1, 0.15) is 23.6 Å². The van der Waals surface area contributed by atoms with Crippen LogP contribution in [-0.4, -0.2) is 78.4 Å². The van der Waals surface area contributed by atoms with Gasteiger partial charge in [-0.1, -0.05) is 19.4 Å². The van der Waals surface area contributed by atoms with Crippen molar-refractivity contribution in [3.63, 3.8) is 0 Å². The minimum absolute atomic E-state index is 0.0800. The molecule has 3 aliphatic heterocycles. The van der Waals surface area contributed by atoms with Crippen LogP contribution in [0.25, 0.3) is 0 Å². The van der Waals surface area contributed by atoms with Gasteiger partial charge in [0, 0.05) is 18.8 Å². The summed E-state index contributed by atoms with van der Waals surface area (Å²) in [7, 11) is -3.83. The summed E-state index contributed by atoms with van der Waals surface area (Å²) in [5.41, 5.74) is 0.377. The Morgan fingerprint density at radius 3 is 2.79 bits per heavy atom. The maximum Gasteiger partial charge on any atom is 0.413 e. The minimum Gasteiger partial charge on any atom is -0.454 e. The second kappa shape index (κ2) is 10.6. The Bertz CT molecular complexity index is 1340. The third-order valence-corrected chi connectivity index (χ3v) is 8.57. The molecule has 0 bridgehead atoms. The SMILES string of the molecule is CCCC(NC(=O)Oc1ccc2c(c1)OCO2)C(=O)N1CCC2C1C(=O)CN2S(=O)(=O)Cc1ccccn1. The van der Waals surface area contributed by atoms with Gasteiger partial charge in [0.2, 0.25) is 22.7 Å². The smallest absolute Gasteiger partial charge is 0.413 e. The highest BCUT2D eigenvalue weighted by molar-refractivity contribution is 7.88. The fourth-order valence-corrected chi connectivity index (χ4v) is 6.77. The highest BCUT2D eigenvalue weighted by Crippen LogP contribution is 2.35. The Kier molecular flexibility index (Phi) is 7.21. The molecule has 12 nitrogen and oxygen atoms in total. The summed E-state index contributed by atoms with van der Waals surface area (Å²) in [6.45, 7) is 1.85. The third-order valence-electron chi connectivity index (χ3n) is 6.80. The predicted molar refractivity (Wildman–Crippen MR) is 133 cm³/mol. The molecular formula is C25H28N4O8S. The third kappa shape index (κ3) is 5.16. The lowest BCUT2D eigenvalue weighted by atomic mass is 10.1. The quantitative estimate of drug-likeness (QED) is 0.522. The van der Waals surface area contributed by atoms with E-state index in [0.717, 1.165) is 0 Å². The van der Waals surface area contributed by atoms with E-state index >= 15 is 0 Å². The molecular weight excluding hydrogens is 516 g/mol. The number of hydrogen-bond acceptors (Lipinski definition) is 9. The van der Waals surface area contributed by atoms with Crippen molar-refractivity contribution in [2.45, 2.75) is 50.1 Å². The molecule has 3 unspecified atom stereocenters. The number of nitrogens with zero attached hydrogens (tertiary/aromatic N) is 3. The number of pyridine rings is 1. The molecule has 3 atom stereocenters. The van der Waals surface area contributed by atoms with Crippen LogP contribution in [0.4, 0.5) is 4.79 Å². The molecule has 1 aromatic heterocycles. The molecule has 38 heavy (non-hydrogen) atoms. The summed E-state index contributed by atoms with van der Waals surface area (Å²) in [4.78, 5) is 44.6. The van der Waals surface area contributed by atoms with Gasteiger partial charge in [0.05, 0.1) is 18.3 Å². The highest BCUT2D eigenvalue weighted by atomic mass is 32.2. The van der Waals surface area contributed by atoms with Crippen LogP contribution in [-0.2, 0) is 25.4 Å².